The number of aliphatic hydroxyl groups is 2. The Balaban J connectivity index is 2.06. The lowest BCUT2D eigenvalue weighted by atomic mass is 10.1. The maximum Gasteiger partial charge on any atom is 0.278 e. The molecule has 0 amide bonds. The number of aromatic amines is 1. The number of nitrogens with two attached hydrogens (primary N) is 1. The maximum atomic E-state index is 11.5. The number of ether oxygens (including phenoxy) is 1. The summed E-state index contributed by atoms with van der Waals surface area (Å²) in [5, 5.41) is 18.9. The van der Waals surface area contributed by atoms with Gasteiger partial charge in [-0.3, -0.25) is 9.36 Å². The standard InChI is InChI=1S/C10H13N5O4/c11-5-7(17)4(1-16)19-10(5)15-3-14-6-8(15)12-2-13-9(6)18/h2-5,7,10,16-17H,1,11H2,(H,12,13,18)/t4-,5+,7-,10-/m1/s1. The van der Waals surface area contributed by atoms with Crippen molar-refractivity contribution in [2.24, 2.45) is 5.73 Å². The van der Waals surface area contributed by atoms with Crippen LogP contribution in [0.4, 0.5) is 0 Å². The number of hydrogen-bond acceptors (Lipinski definition) is 7. The first-order valence-corrected chi connectivity index (χ1v) is 5.73. The minimum atomic E-state index is -0.991. The van der Waals surface area contributed by atoms with Gasteiger partial charge in [-0.15, -0.1) is 0 Å². The third-order valence-corrected chi connectivity index (χ3v) is 3.24. The number of aromatic nitrogens is 4. The summed E-state index contributed by atoms with van der Waals surface area (Å²) in [6.45, 7) is -0.341. The highest BCUT2D eigenvalue weighted by atomic mass is 16.5. The number of nitrogens with zero attached hydrogens (tertiary/aromatic N) is 3. The normalized spacial score (nSPS) is 31.1. The molecular weight excluding hydrogens is 254 g/mol. The predicted molar refractivity (Wildman–Crippen MR) is 63.1 cm³/mol. The molecule has 102 valence electrons. The van der Waals surface area contributed by atoms with Crippen LogP contribution < -0.4 is 11.3 Å². The SMILES string of the molecule is N[C@H]1[C@H](O)[C@@H](CO)O[C@H]1n1cnc2c(=O)[nH]cnc21. The van der Waals surface area contributed by atoms with Crippen molar-refractivity contribution in [2.45, 2.75) is 24.5 Å². The van der Waals surface area contributed by atoms with Crippen LogP contribution in [0.15, 0.2) is 17.4 Å². The lowest BCUT2D eigenvalue weighted by Gasteiger charge is -2.17. The van der Waals surface area contributed by atoms with Crippen molar-refractivity contribution in [2.75, 3.05) is 6.61 Å². The van der Waals surface area contributed by atoms with Crippen LogP contribution in [0.2, 0.25) is 0 Å². The number of aliphatic hydroxyl groups excluding tert-OH is 2. The lowest BCUT2D eigenvalue weighted by Crippen LogP contribution is -2.39. The van der Waals surface area contributed by atoms with Crippen LogP contribution in [-0.2, 0) is 4.74 Å². The van der Waals surface area contributed by atoms with E-state index < -0.39 is 24.5 Å². The monoisotopic (exact) mass is 267 g/mol. The van der Waals surface area contributed by atoms with Crippen LogP contribution >= 0.6 is 0 Å². The van der Waals surface area contributed by atoms with E-state index in [9.17, 15) is 9.90 Å². The summed E-state index contributed by atoms with van der Waals surface area (Å²) in [6.07, 6.45) is 0.146. The Kier molecular flexibility index (Phi) is 2.82. The molecule has 4 atom stereocenters. The molecule has 5 N–H and O–H groups in total. The van der Waals surface area contributed by atoms with Crippen molar-refractivity contribution in [3.05, 3.63) is 23.0 Å². The smallest absolute Gasteiger partial charge is 0.278 e. The predicted octanol–water partition coefficient (Wildman–Crippen LogP) is -2.30. The average Bonchev–Trinajstić information content (AvgIpc) is 2.94. The first-order chi connectivity index (χ1) is 9.13. The molecular formula is C10H13N5O4. The molecule has 0 unspecified atom stereocenters. The molecule has 1 aliphatic rings. The topological polar surface area (TPSA) is 139 Å². The van der Waals surface area contributed by atoms with Crippen LogP contribution in [0.25, 0.3) is 11.2 Å². The summed E-state index contributed by atoms with van der Waals surface area (Å²) in [4.78, 5) is 21.9. The van der Waals surface area contributed by atoms with Crippen molar-refractivity contribution in [1.82, 2.24) is 19.5 Å². The van der Waals surface area contributed by atoms with Crippen LogP contribution in [0.1, 0.15) is 6.23 Å². The van der Waals surface area contributed by atoms with Crippen LogP contribution in [0, 0.1) is 0 Å². The van der Waals surface area contributed by atoms with Crippen molar-refractivity contribution >= 4 is 11.2 Å². The second-order valence-corrected chi connectivity index (χ2v) is 4.37. The maximum absolute atomic E-state index is 11.5. The van der Waals surface area contributed by atoms with Gasteiger partial charge in [0.1, 0.15) is 12.2 Å². The lowest BCUT2D eigenvalue weighted by molar-refractivity contribution is -0.0437. The van der Waals surface area contributed by atoms with E-state index in [1.165, 1.54) is 17.2 Å². The second-order valence-electron chi connectivity index (χ2n) is 4.37. The molecule has 0 aliphatic carbocycles. The zero-order chi connectivity index (χ0) is 13.6. The molecule has 1 aliphatic heterocycles. The van der Waals surface area contributed by atoms with Gasteiger partial charge in [-0.2, -0.15) is 0 Å². The molecule has 0 saturated carbocycles. The largest absolute Gasteiger partial charge is 0.394 e. The number of hydrogen-bond donors (Lipinski definition) is 4. The minimum Gasteiger partial charge on any atom is -0.394 e. The van der Waals surface area contributed by atoms with E-state index in [4.69, 9.17) is 15.6 Å². The summed E-state index contributed by atoms with van der Waals surface area (Å²) in [5.74, 6) is 0. The molecule has 0 aromatic carbocycles. The van der Waals surface area contributed by atoms with E-state index in [2.05, 4.69) is 15.0 Å². The quantitative estimate of drug-likeness (QED) is 0.479. The fourth-order valence-corrected chi connectivity index (χ4v) is 2.22. The van der Waals surface area contributed by atoms with E-state index in [1.54, 1.807) is 0 Å². The van der Waals surface area contributed by atoms with Gasteiger partial charge in [0.15, 0.2) is 17.4 Å². The molecule has 3 heterocycles. The third kappa shape index (κ3) is 1.75. The van der Waals surface area contributed by atoms with Crippen molar-refractivity contribution in [3.8, 4) is 0 Å². The van der Waals surface area contributed by atoms with Gasteiger partial charge in [0, 0.05) is 0 Å². The van der Waals surface area contributed by atoms with E-state index in [-0.39, 0.29) is 17.7 Å². The molecule has 9 heteroatoms. The van der Waals surface area contributed by atoms with Gasteiger partial charge in [-0.25, -0.2) is 9.97 Å². The van der Waals surface area contributed by atoms with Gasteiger partial charge in [-0.1, -0.05) is 0 Å². The number of nitrogens with one attached hydrogen (secondary N) is 1. The number of fused-ring (bicyclic) bond motifs is 1. The molecule has 19 heavy (non-hydrogen) atoms. The summed E-state index contributed by atoms with van der Waals surface area (Å²) in [6, 6.07) is -0.740. The van der Waals surface area contributed by atoms with E-state index in [0.717, 1.165) is 0 Å². The first kappa shape index (κ1) is 12.2. The molecule has 9 nitrogen and oxygen atoms in total. The molecule has 0 radical (unpaired) electrons. The highest BCUT2D eigenvalue weighted by Gasteiger charge is 2.42. The summed E-state index contributed by atoms with van der Waals surface area (Å²) < 4.78 is 6.95. The van der Waals surface area contributed by atoms with Crippen LogP contribution in [-0.4, -0.2) is 54.6 Å². The highest BCUT2D eigenvalue weighted by Crippen LogP contribution is 2.29. The summed E-state index contributed by atoms with van der Waals surface area (Å²) in [7, 11) is 0. The van der Waals surface area contributed by atoms with Crippen LogP contribution in [0.3, 0.4) is 0 Å². The third-order valence-electron chi connectivity index (χ3n) is 3.24. The summed E-state index contributed by atoms with van der Waals surface area (Å²) >= 11 is 0. The fraction of sp³-hybridized carbons (Fsp3) is 0.500. The Bertz CT molecular complexity index is 653. The average molecular weight is 267 g/mol. The van der Waals surface area contributed by atoms with Crippen molar-refractivity contribution in [3.63, 3.8) is 0 Å². The molecule has 1 fully saturated rings. The Labute approximate surface area is 106 Å². The molecule has 0 bridgehead atoms. The van der Waals surface area contributed by atoms with E-state index >= 15 is 0 Å². The van der Waals surface area contributed by atoms with Gasteiger partial charge in [-0.05, 0) is 0 Å². The molecule has 2 aromatic rings. The minimum absolute atomic E-state index is 0.167. The van der Waals surface area contributed by atoms with Gasteiger partial charge >= 0.3 is 0 Å². The Morgan fingerprint density at radius 3 is 3.00 bits per heavy atom. The Morgan fingerprint density at radius 2 is 2.32 bits per heavy atom. The first-order valence-electron chi connectivity index (χ1n) is 5.73. The zero-order valence-corrected chi connectivity index (χ0v) is 9.80. The fourth-order valence-electron chi connectivity index (χ4n) is 2.22. The highest BCUT2D eigenvalue weighted by molar-refractivity contribution is 5.68. The van der Waals surface area contributed by atoms with Crippen molar-refractivity contribution < 1.29 is 14.9 Å². The van der Waals surface area contributed by atoms with E-state index in [0.29, 0.717) is 5.65 Å². The number of rotatable bonds is 2. The van der Waals surface area contributed by atoms with Gasteiger partial charge in [0.25, 0.3) is 5.56 Å². The zero-order valence-electron chi connectivity index (χ0n) is 9.80. The summed E-state index contributed by atoms with van der Waals surface area (Å²) in [5.41, 5.74) is 5.98. The van der Waals surface area contributed by atoms with Crippen LogP contribution in [0.5, 0.6) is 0 Å². The molecule has 0 spiro atoms. The van der Waals surface area contributed by atoms with Gasteiger partial charge in [0.05, 0.1) is 25.3 Å². The Hall–Kier alpha value is -1.81. The molecule has 2 aromatic heterocycles. The Morgan fingerprint density at radius 1 is 1.53 bits per heavy atom. The second kappa shape index (κ2) is 4.38. The van der Waals surface area contributed by atoms with Crippen molar-refractivity contribution in [1.29, 1.82) is 0 Å². The molecule has 3 rings (SSSR count). The number of imidazole rings is 1. The molecule has 1 saturated heterocycles. The number of H-pyrrole nitrogens is 1. The van der Waals surface area contributed by atoms with Gasteiger partial charge < -0.3 is 25.7 Å². The van der Waals surface area contributed by atoms with E-state index in [1.807, 2.05) is 0 Å². The van der Waals surface area contributed by atoms with Gasteiger partial charge in [0.2, 0.25) is 0 Å².